The van der Waals surface area contributed by atoms with E-state index in [1.807, 2.05) is 25.1 Å². The van der Waals surface area contributed by atoms with Crippen molar-refractivity contribution >= 4 is 29.4 Å². The molecular formula is C13H16N2O2S. The summed E-state index contributed by atoms with van der Waals surface area (Å²) in [6, 6.07) is 5.65. The lowest BCUT2D eigenvalue weighted by Crippen LogP contribution is -2.25. The Kier molecular flexibility index (Phi) is 3.81. The van der Waals surface area contributed by atoms with Gasteiger partial charge in [-0.1, -0.05) is 0 Å². The second-order valence-electron chi connectivity index (χ2n) is 4.02. The maximum absolute atomic E-state index is 12.1. The van der Waals surface area contributed by atoms with Crippen molar-refractivity contribution in [1.82, 2.24) is 10.3 Å². The third kappa shape index (κ3) is 2.31. The highest BCUT2D eigenvalue weighted by molar-refractivity contribution is 7.80. The largest absolute Gasteiger partial charge is 0.497 e. The summed E-state index contributed by atoms with van der Waals surface area (Å²) in [5, 5.41) is 3.71. The van der Waals surface area contributed by atoms with Gasteiger partial charge in [0.05, 0.1) is 12.7 Å². The summed E-state index contributed by atoms with van der Waals surface area (Å²) in [5.41, 5.74) is 2.46. The molecule has 4 nitrogen and oxygen atoms in total. The Labute approximate surface area is 111 Å². The first-order chi connectivity index (χ1) is 8.67. The highest BCUT2D eigenvalue weighted by Gasteiger charge is 2.15. The molecule has 2 aromatic rings. The molecule has 0 saturated carbocycles. The summed E-state index contributed by atoms with van der Waals surface area (Å²) in [7, 11) is 1.61. The molecule has 1 aromatic carbocycles. The number of fused-ring (bicyclic) bond motifs is 1. The number of ether oxygens (including phenoxy) is 1. The van der Waals surface area contributed by atoms with Gasteiger partial charge in [0.25, 0.3) is 5.91 Å². The molecule has 2 N–H and O–H groups in total. The summed E-state index contributed by atoms with van der Waals surface area (Å²) >= 11 is 4.08. The van der Waals surface area contributed by atoms with E-state index >= 15 is 0 Å². The predicted molar refractivity (Wildman–Crippen MR) is 75.8 cm³/mol. The van der Waals surface area contributed by atoms with Crippen LogP contribution in [0.25, 0.3) is 10.9 Å². The lowest BCUT2D eigenvalue weighted by Gasteiger charge is -2.04. The first-order valence-electron chi connectivity index (χ1n) is 5.72. The number of nitrogens with one attached hydrogen (secondary N) is 2. The predicted octanol–water partition coefficient (Wildman–Crippen LogP) is 2.14. The molecule has 0 aliphatic rings. The third-order valence-electron chi connectivity index (χ3n) is 2.82. The fourth-order valence-electron chi connectivity index (χ4n) is 1.98. The molecule has 0 saturated heterocycles. The van der Waals surface area contributed by atoms with Crippen molar-refractivity contribution < 1.29 is 9.53 Å². The lowest BCUT2D eigenvalue weighted by atomic mass is 10.1. The van der Waals surface area contributed by atoms with E-state index in [9.17, 15) is 4.79 Å². The second-order valence-corrected chi connectivity index (χ2v) is 4.46. The van der Waals surface area contributed by atoms with E-state index in [-0.39, 0.29) is 5.91 Å². The number of methoxy groups -OCH3 is 1. The van der Waals surface area contributed by atoms with Crippen LogP contribution >= 0.6 is 12.6 Å². The number of amides is 1. The zero-order valence-corrected chi connectivity index (χ0v) is 11.3. The minimum Gasteiger partial charge on any atom is -0.497 e. The van der Waals surface area contributed by atoms with Gasteiger partial charge in [-0.2, -0.15) is 12.6 Å². The molecule has 0 unspecified atom stereocenters. The topological polar surface area (TPSA) is 54.1 Å². The molecule has 96 valence electrons. The molecule has 5 heteroatoms. The molecule has 0 fully saturated rings. The van der Waals surface area contributed by atoms with E-state index in [4.69, 9.17) is 4.74 Å². The molecule has 0 aliphatic carbocycles. The summed E-state index contributed by atoms with van der Waals surface area (Å²) in [6.07, 6.45) is 0. The van der Waals surface area contributed by atoms with Crippen LogP contribution in [0.4, 0.5) is 0 Å². The Hall–Kier alpha value is -1.62. The van der Waals surface area contributed by atoms with Crippen LogP contribution in [-0.4, -0.2) is 30.3 Å². The SMILES string of the molecule is COc1ccc2[nH]c(C)c(C(=O)NCCS)c2c1. The van der Waals surface area contributed by atoms with Crippen molar-refractivity contribution in [1.29, 1.82) is 0 Å². The normalized spacial score (nSPS) is 10.6. The van der Waals surface area contributed by atoms with Crippen LogP contribution in [0.2, 0.25) is 0 Å². The Balaban J connectivity index is 2.47. The number of carbonyl (C=O) groups excluding carboxylic acids is 1. The van der Waals surface area contributed by atoms with Crippen LogP contribution in [0.1, 0.15) is 16.1 Å². The van der Waals surface area contributed by atoms with Crippen LogP contribution in [-0.2, 0) is 0 Å². The highest BCUT2D eigenvalue weighted by Crippen LogP contribution is 2.26. The molecule has 1 heterocycles. The number of rotatable bonds is 4. The Morgan fingerprint density at radius 1 is 1.50 bits per heavy atom. The van der Waals surface area contributed by atoms with E-state index in [1.165, 1.54) is 0 Å². The van der Waals surface area contributed by atoms with Crippen molar-refractivity contribution in [2.45, 2.75) is 6.92 Å². The first-order valence-corrected chi connectivity index (χ1v) is 6.36. The zero-order valence-electron chi connectivity index (χ0n) is 10.4. The number of aromatic amines is 1. The fraction of sp³-hybridized carbons (Fsp3) is 0.308. The number of aromatic nitrogens is 1. The van der Waals surface area contributed by atoms with Gasteiger partial charge >= 0.3 is 0 Å². The van der Waals surface area contributed by atoms with Gasteiger partial charge in [-0.25, -0.2) is 0 Å². The number of aryl methyl sites for hydroxylation is 1. The summed E-state index contributed by atoms with van der Waals surface area (Å²) in [4.78, 5) is 15.3. The molecule has 0 atom stereocenters. The molecule has 0 spiro atoms. The van der Waals surface area contributed by atoms with Gasteiger partial charge in [-0.15, -0.1) is 0 Å². The number of H-pyrrole nitrogens is 1. The molecule has 1 aromatic heterocycles. The van der Waals surface area contributed by atoms with Gasteiger partial charge in [0, 0.05) is 28.9 Å². The van der Waals surface area contributed by atoms with Crippen molar-refractivity contribution in [2.75, 3.05) is 19.4 Å². The number of thiol groups is 1. The van der Waals surface area contributed by atoms with Crippen molar-refractivity contribution in [3.05, 3.63) is 29.5 Å². The van der Waals surface area contributed by atoms with Crippen LogP contribution in [0, 0.1) is 6.92 Å². The molecule has 0 radical (unpaired) electrons. The number of hydrogen-bond acceptors (Lipinski definition) is 3. The standard InChI is InChI=1S/C13H16N2O2S/c1-8-12(13(16)14-5-6-18)10-7-9(17-2)3-4-11(10)15-8/h3-4,7,15,18H,5-6H2,1-2H3,(H,14,16). The third-order valence-corrected chi connectivity index (χ3v) is 3.04. The summed E-state index contributed by atoms with van der Waals surface area (Å²) in [6.45, 7) is 2.44. The van der Waals surface area contributed by atoms with Gasteiger partial charge < -0.3 is 15.0 Å². The molecule has 0 bridgehead atoms. The van der Waals surface area contributed by atoms with Crippen LogP contribution < -0.4 is 10.1 Å². The summed E-state index contributed by atoms with van der Waals surface area (Å²) < 4.78 is 5.19. The van der Waals surface area contributed by atoms with Gasteiger partial charge in [-0.05, 0) is 25.1 Å². The molecule has 0 aliphatic heterocycles. The van der Waals surface area contributed by atoms with Crippen LogP contribution in [0.5, 0.6) is 5.75 Å². The Bertz CT molecular complexity index is 578. The van der Waals surface area contributed by atoms with Gasteiger partial charge in [-0.3, -0.25) is 4.79 Å². The van der Waals surface area contributed by atoms with Crippen molar-refractivity contribution in [2.24, 2.45) is 0 Å². The Morgan fingerprint density at radius 2 is 2.28 bits per heavy atom. The smallest absolute Gasteiger partial charge is 0.253 e. The maximum Gasteiger partial charge on any atom is 0.253 e. The molecule has 1 amide bonds. The van der Waals surface area contributed by atoms with E-state index in [0.717, 1.165) is 22.3 Å². The number of benzene rings is 1. The van der Waals surface area contributed by atoms with Gasteiger partial charge in [0.2, 0.25) is 0 Å². The lowest BCUT2D eigenvalue weighted by molar-refractivity contribution is 0.0957. The van der Waals surface area contributed by atoms with Crippen molar-refractivity contribution in [3.63, 3.8) is 0 Å². The average Bonchev–Trinajstić information content (AvgIpc) is 2.70. The van der Waals surface area contributed by atoms with Gasteiger partial charge in [0.15, 0.2) is 0 Å². The molecule has 18 heavy (non-hydrogen) atoms. The van der Waals surface area contributed by atoms with Crippen LogP contribution in [0.3, 0.4) is 0 Å². The Morgan fingerprint density at radius 3 is 2.94 bits per heavy atom. The van der Waals surface area contributed by atoms with Crippen molar-refractivity contribution in [3.8, 4) is 5.75 Å². The molecular weight excluding hydrogens is 248 g/mol. The monoisotopic (exact) mass is 264 g/mol. The second kappa shape index (κ2) is 5.35. The summed E-state index contributed by atoms with van der Waals surface area (Å²) in [5.74, 6) is 1.28. The van der Waals surface area contributed by atoms with Gasteiger partial charge in [0.1, 0.15) is 5.75 Å². The number of carbonyl (C=O) groups is 1. The molecule has 2 rings (SSSR count). The van der Waals surface area contributed by atoms with E-state index in [2.05, 4.69) is 22.9 Å². The maximum atomic E-state index is 12.1. The zero-order chi connectivity index (χ0) is 13.1. The van der Waals surface area contributed by atoms with E-state index in [0.29, 0.717) is 17.9 Å². The minimum atomic E-state index is -0.0824. The average molecular weight is 264 g/mol. The first kappa shape index (κ1) is 12.8. The quantitative estimate of drug-likeness (QED) is 0.741. The van der Waals surface area contributed by atoms with E-state index < -0.39 is 0 Å². The van der Waals surface area contributed by atoms with Crippen LogP contribution in [0.15, 0.2) is 18.2 Å². The highest BCUT2D eigenvalue weighted by atomic mass is 32.1. The van der Waals surface area contributed by atoms with E-state index in [1.54, 1.807) is 7.11 Å². The fourth-order valence-corrected chi connectivity index (χ4v) is 2.09. The minimum absolute atomic E-state index is 0.0824. The number of hydrogen-bond donors (Lipinski definition) is 3.